The second-order valence-electron chi connectivity index (χ2n) is 3.29. The third-order valence-electron chi connectivity index (χ3n) is 2.30. The molecule has 0 unspecified atom stereocenters. The summed E-state index contributed by atoms with van der Waals surface area (Å²) >= 11 is 0. The Hall–Kier alpha value is -1.31. The molecule has 2 rings (SSSR count). The molecule has 0 spiro atoms. The van der Waals surface area contributed by atoms with E-state index in [1.54, 1.807) is 0 Å². The Balaban J connectivity index is 2.06. The first-order valence-electron chi connectivity index (χ1n) is 4.57. The van der Waals surface area contributed by atoms with Gasteiger partial charge in [0, 0.05) is 12.0 Å². The van der Waals surface area contributed by atoms with Crippen molar-refractivity contribution in [1.82, 2.24) is 0 Å². The second kappa shape index (κ2) is 3.60. The molecule has 1 aliphatic carbocycles. The molecule has 0 bridgehead atoms. The molecular weight excluding hydrogens is 164 g/mol. The van der Waals surface area contributed by atoms with E-state index in [-0.39, 0.29) is 5.97 Å². The van der Waals surface area contributed by atoms with Crippen LogP contribution in [0, 0.1) is 5.92 Å². The quantitative estimate of drug-likeness (QED) is 0.451. The summed E-state index contributed by atoms with van der Waals surface area (Å²) in [6, 6.07) is 0. The molecule has 2 nitrogen and oxygen atoms in total. The largest absolute Gasteiger partial charge is 0.462 e. The van der Waals surface area contributed by atoms with Crippen LogP contribution >= 0.6 is 0 Å². The molecule has 0 radical (unpaired) electrons. The van der Waals surface area contributed by atoms with Crippen LogP contribution < -0.4 is 0 Å². The van der Waals surface area contributed by atoms with E-state index in [4.69, 9.17) is 4.74 Å². The monoisotopic (exact) mass is 176 g/mol. The van der Waals surface area contributed by atoms with Crippen LogP contribution in [0.5, 0.6) is 0 Å². The topological polar surface area (TPSA) is 26.3 Å². The highest BCUT2D eigenvalue weighted by Crippen LogP contribution is 2.20. The van der Waals surface area contributed by atoms with Gasteiger partial charge in [-0.15, -0.1) is 0 Å². The van der Waals surface area contributed by atoms with Crippen LogP contribution in [0.1, 0.15) is 12.8 Å². The molecule has 1 heterocycles. The average Bonchev–Trinajstić information content (AvgIpc) is 2.54. The summed E-state index contributed by atoms with van der Waals surface area (Å²) in [6.45, 7) is 0.553. The zero-order valence-electron chi connectivity index (χ0n) is 7.40. The molecule has 0 saturated carbocycles. The van der Waals surface area contributed by atoms with Crippen LogP contribution in [0.25, 0.3) is 0 Å². The van der Waals surface area contributed by atoms with Crippen molar-refractivity contribution >= 4 is 5.97 Å². The lowest BCUT2D eigenvalue weighted by Crippen LogP contribution is -1.99. The molecule has 2 heteroatoms. The summed E-state index contributed by atoms with van der Waals surface area (Å²) in [5.74, 6) is 0.244. The Labute approximate surface area is 77.6 Å². The predicted molar refractivity (Wildman–Crippen MR) is 50.0 cm³/mol. The van der Waals surface area contributed by atoms with Crippen molar-refractivity contribution in [1.29, 1.82) is 0 Å². The van der Waals surface area contributed by atoms with Gasteiger partial charge in [-0.1, -0.05) is 30.4 Å². The molecule has 13 heavy (non-hydrogen) atoms. The molecular formula is C11H12O2. The van der Waals surface area contributed by atoms with Gasteiger partial charge in [-0.2, -0.15) is 0 Å². The van der Waals surface area contributed by atoms with Gasteiger partial charge < -0.3 is 4.74 Å². The summed E-state index contributed by atoms with van der Waals surface area (Å²) in [4.78, 5) is 11.1. The van der Waals surface area contributed by atoms with E-state index < -0.39 is 0 Å². The van der Waals surface area contributed by atoms with Gasteiger partial charge in [0.05, 0.1) is 6.61 Å². The highest BCUT2D eigenvalue weighted by atomic mass is 16.5. The lowest BCUT2D eigenvalue weighted by molar-refractivity contribution is -0.135. The van der Waals surface area contributed by atoms with Gasteiger partial charge in [0.2, 0.25) is 0 Å². The Bertz CT molecular complexity index is 297. The van der Waals surface area contributed by atoms with Crippen LogP contribution in [0.15, 0.2) is 36.0 Å². The lowest BCUT2D eigenvalue weighted by atomic mass is 9.97. The maximum absolute atomic E-state index is 11.1. The van der Waals surface area contributed by atoms with E-state index in [1.807, 2.05) is 18.2 Å². The Morgan fingerprint density at radius 2 is 2.38 bits per heavy atom. The smallest absolute Gasteiger partial charge is 0.333 e. The Kier molecular flexibility index (Phi) is 2.30. The molecule has 0 aromatic heterocycles. The fourth-order valence-corrected chi connectivity index (χ4v) is 1.58. The summed E-state index contributed by atoms with van der Waals surface area (Å²) in [6.07, 6.45) is 12.1. The standard InChI is InChI=1S/C11H12O2/c12-11-10(6-7-13-11)8-9-4-2-1-3-5-9/h1-4,8-9H,5-7H2/b10-8+/t9-/m1/s1. The average molecular weight is 176 g/mol. The third-order valence-corrected chi connectivity index (χ3v) is 2.30. The number of carbonyl (C=O) groups is 1. The summed E-state index contributed by atoms with van der Waals surface area (Å²) in [7, 11) is 0. The van der Waals surface area contributed by atoms with Crippen molar-refractivity contribution in [3.05, 3.63) is 36.0 Å². The Morgan fingerprint density at radius 3 is 3.00 bits per heavy atom. The van der Waals surface area contributed by atoms with E-state index in [9.17, 15) is 4.79 Å². The van der Waals surface area contributed by atoms with Gasteiger partial charge >= 0.3 is 5.97 Å². The normalized spacial score (nSPS) is 29.7. The Morgan fingerprint density at radius 1 is 1.46 bits per heavy atom. The van der Waals surface area contributed by atoms with E-state index in [1.165, 1.54) is 0 Å². The molecule has 1 saturated heterocycles. The first-order chi connectivity index (χ1) is 6.36. The molecule has 0 amide bonds. The van der Waals surface area contributed by atoms with Gasteiger partial charge in [0.1, 0.15) is 0 Å². The summed E-state index contributed by atoms with van der Waals surface area (Å²) < 4.78 is 4.86. The first-order valence-corrected chi connectivity index (χ1v) is 4.57. The van der Waals surface area contributed by atoms with Crippen molar-refractivity contribution < 1.29 is 9.53 Å². The molecule has 2 aliphatic rings. The maximum atomic E-state index is 11.1. The van der Waals surface area contributed by atoms with Crippen LogP contribution in [-0.4, -0.2) is 12.6 Å². The van der Waals surface area contributed by atoms with E-state index in [0.29, 0.717) is 12.5 Å². The summed E-state index contributed by atoms with van der Waals surface area (Å²) in [5, 5.41) is 0. The minimum atomic E-state index is -0.136. The number of esters is 1. The van der Waals surface area contributed by atoms with Gasteiger partial charge in [0.25, 0.3) is 0 Å². The number of hydrogen-bond donors (Lipinski definition) is 0. The van der Waals surface area contributed by atoms with Gasteiger partial charge in [0.15, 0.2) is 0 Å². The van der Waals surface area contributed by atoms with E-state index >= 15 is 0 Å². The molecule has 68 valence electrons. The number of ether oxygens (including phenoxy) is 1. The maximum Gasteiger partial charge on any atom is 0.333 e. The minimum absolute atomic E-state index is 0.136. The number of allylic oxidation sites excluding steroid dienone is 5. The highest BCUT2D eigenvalue weighted by molar-refractivity contribution is 5.90. The number of cyclic esters (lactones) is 1. The number of hydrogen-bond acceptors (Lipinski definition) is 2. The fourth-order valence-electron chi connectivity index (χ4n) is 1.58. The lowest BCUT2D eigenvalue weighted by Gasteiger charge is -2.07. The molecule has 0 aromatic carbocycles. The van der Waals surface area contributed by atoms with Crippen LogP contribution in [0.2, 0.25) is 0 Å². The van der Waals surface area contributed by atoms with Gasteiger partial charge in [-0.05, 0) is 12.3 Å². The molecule has 1 fully saturated rings. The zero-order chi connectivity index (χ0) is 9.10. The van der Waals surface area contributed by atoms with Crippen LogP contribution in [0.3, 0.4) is 0 Å². The molecule has 1 atom stereocenters. The van der Waals surface area contributed by atoms with Gasteiger partial charge in [-0.25, -0.2) is 4.79 Å². The zero-order valence-corrected chi connectivity index (χ0v) is 7.40. The highest BCUT2D eigenvalue weighted by Gasteiger charge is 2.19. The number of rotatable bonds is 1. The molecule has 1 aliphatic heterocycles. The van der Waals surface area contributed by atoms with Gasteiger partial charge in [-0.3, -0.25) is 0 Å². The minimum Gasteiger partial charge on any atom is -0.462 e. The van der Waals surface area contributed by atoms with Crippen LogP contribution in [0.4, 0.5) is 0 Å². The van der Waals surface area contributed by atoms with Crippen molar-refractivity contribution in [2.24, 2.45) is 5.92 Å². The van der Waals surface area contributed by atoms with E-state index in [2.05, 4.69) is 12.2 Å². The molecule has 0 N–H and O–H groups in total. The third kappa shape index (κ3) is 1.89. The van der Waals surface area contributed by atoms with Crippen molar-refractivity contribution in [2.75, 3.05) is 6.61 Å². The predicted octanol–water partition coefficient (Wildman–Crippen LogP) is 1.99. The fraction of sp³-hybridized carbons (Fsp3) is 0.364. The van der Waals surface area contributed by atoms with Crippen LogP contribution in [-0.2, 0) is 9.53 Å². The first kappa shape index (κ1) is 8.30. The number of carbonyl (C=O) groups excluding carboxylic acids is 1. The van der Waals surface area contributed by atoms with Crippen molar-refractivity contribution in [3.63, 3.8) is 0 Å². The summed E-state index contributed by atoms with van der Waals surface area (Å²) in [5.41, 5.74) is 0.838. The van der Waals surface area contributed by atoms with Crippen molar-refractivity contribution in [3.8, 4) is 0 Å². The SMILES string of the molecule is O=C1OCC/C1=C\[C@@H]1C=CC=CC1. The molecule has 0 aromatic rings. The second-order valence-corrected chi connectivity index (χ2v) is 3.29. The van der Waals surface area contributed by atoms with E-state index in [0.717, 1.165) is 18.4 Å². The van der Waals surface area contributed by atoms with Crippen molar-refractivity contribution in [2.45, 2.75) is 12.8 Å².